The molecule has 1 aliphatic carbocycles. The Morgan fingerprint density at radius 3 is 2.59 bits per heavy atom. The summed E-state index contributed by atoms with van der Waals surface area (Å²) in [5, 5.41) is 7.64. The molecule has 5 rings (SSSR count). The Bertz CT molecular complexity index is 1330. The van der Waals surface area contributed by atoms with Crippen molar-refractivity contribution in [2.24, 2.45) is 5.92 Å². The van der Waals surface area contributed by atoms with E-state index in [-0.39, 0.29) is 23.6 Å². The van der Waals surface area contributed by atoms with Crippen LogP contribution in [-0.2, 0) is 4.79 Å². The molecule has 0 saturated heterocycles. The Hall–Kier alpha value is -3.87. The van der Waals surface area contributed by atoms with Crippen molar-refractivity contribution in [1.82, 2.24) is 14.8 Å². The average molecular weight is 459 g/mol. The zero-order valence-electron chi connectivity index (χ0n) is 18.7. The minimum Gasteiger partial charge on any atom is -0.311 e. The van der Waals surface area contributed by atoms with Gasteiger partial charge in [-0.15, -0.1) is 0 Å². The van der Waals surface area contributed by atoms with Crippen molar-refractivity contribution in [1.29, 1.82) is 0 Å². The van der Waals surface area contributed by atoms with E-state index in [4.69, 9.17) is 5.10 Å². The van der Waals surface area contributed by atoms with Gasteiger partial charge in [0.15, 0.2) is 0 Å². The number of carbonyl (C=O) groups excluding carboxylic acids is 1. The van der Waals surface area contributed by atoms with Crippen LogP contribution in [0.2, 0.25) is 0 Å². The molecule has 0 bridgehead atoms. The number of amides is 1. The summed E-state index contributed by atoms with van der Waals surface area (Å²) in [6, 6.07) is 16.0. The molecule has 1 amide bonds. The number of rotatable bonds is 7. The van der Waals surface area contributed by atoms with E-state index in [2.05, 4.69) is 10.3 Å². The van der Waals surface area contributed by atoms with Crippen molar-refractivity contribution in [2.45, 2.75) is 32.2 Å². The van der Waals surface area contributed by atoms with Gasteiger partial charge in [0, 0.05) is 35.5 Å². The molecule has 4 aromatic rings. The third-order valence-corrected chi connectivity index (χ3v) is 6.11. The molecule has 1 unspecified atom stereocenters. The number of pyridine rings is 1. The van der Waals surface area contributed by atoms with Gasteiger partial charge in [-0.1, -0.05) is 18.2 Å². The molecule has 2 aromatic carbocycles. The lowest BCUT2D eigenvalue weighted by atomic mass is 10.0. The minimum absolute atomic E-state index is 0.0465. The van der Waals surface area contributed by atoms with Gasteiger partial charge in [0.25, 0.3) is 0 Å². The first-order valence-corrected chi connectivity index (χ1v) is 11.3. The number of hydrogen-bond donors (Lipinski definition) is 1. The van der Waals surface area contributed by atoms with E-state index in [1.54, 1.807) is 47.3 Å². The number of aromatic nitrogens is 3. The fraction of sp³-hybridized carbons (Fsp3) is 0.222. The van der Waals surface area contributed by atoms with E-state index >= 15 is 0 Å². The highest BCUT2D eigenvalue weighted by atomic mass is 19.1. The normalized spacial score (nSPS) is 14.1. The summed E-state index contributed by atoms with van der Waals surface area (Å²) >= 11 is 0. The van der Waals surface area contributed by atoms with Gasteiger partial charge in [-0.05, 0) is 73.7 Å². The molecule has 34 heavy (non-hydrogen) atoms. The van der Waals surface area contributed by atoms with E-state index in [1.807, 2.05) is 19.2 Å². The topological polar surface area (TPSA) is 59.8 Å². The van der Waals surface area contributed by atoms with Gasteiger partial charge in [0.1, 0.15) is 23.1 Å². The Balaban J connectivity index is 1.54. The predicted octanol–water partition coefficient (Wildman–Crippen LogP) is 6.24. The maximum atomic E-state index is 14.5. The maximum Gasteiger partial charge on any atom is 0.225 e. The molecule has 0 radical (unpaired) electrons. The van der Waals surface area contributed by atoms with Gasteiger partial charge in [-0.3, -0.25) is 9.48 Å². The Morgan fingerprint density at radius 2 is 1.85 bits per heavy atom. The van der Waals surface area contributed by atoms with Gasteiger partial charge in [-0.25, -0.2) is 13.8 Å². The van der Waals surface area contributed by atoms with Crippen LogP contribution < -0.4 is 5.32 Å². The first-order chi connectivity index (χ1) is 16.5. The molecule has 1 saturated carbocycles. The Kier molecular flexibility index (Phi) is 5.92. The van der Waals surface area contributed by atoms with E-state index in [0.29, 0.717) is 29.4 Å². The first-order valence-electron chi connectivity index (χ1n) is 11.3. The molecule has 1 aliphatic rings. The van der Waals surface area contributed by atoms with Gasteiger partial charge in [0.05, 0.1) is 6.04 Å². The second kappa shape index (κ2) is 9.17. The van der Waals surface area contributed by atoms with E-state index in [0.717, 1.165) is 29.5 Å². The largest absolute Gasteiger partial charge is 0.311 e. The molecule has 0 spiro atoms. The molecular weight excluding hydrogens is 434 g/mol. The molecule has 0 aliphatic heterocycles. The van der Waals surface area contributed by atoms with Crippen LogP contribution in [0.1, 0.15) is 37.8 Å². The van der Waals surface area contributed by atoms with Crippen molar-refractivity contribution >= 4 is 11.7 Å². The van der Waals surface area contributed by atoms with E-state index < -0.39 is 0 Å². The Morgan fingerprint density at radius 1 is 1.09 bits per heavy atom. The second-order valence-corrected chi connectivity index (χ2v) is 8.70. The summed E-state index contributed by atoms with van der Waals surface area (Å²) in [6.45, 7) is 1.87. The average Bonchev–Trinajstić information content (AvgIpc) is 3.53. The lowest BCUT2D eigenvalue weighted by molar-refractivity contribution is -0.116. The van der Waals surface area contributed by atoms with Crippen LogP contribution in [0.15, 0.2) is 73.1 Å². The summed E-state index contributed by atoms with van der Waals surface area (Å²) in [4.78, 5) is 16.6. The summed E-state index contributed by atoms with van der Waals surface area (Å²) < 4.78 is 29.7. The highest BCUT2D eigenvalue weighted by Crippen LogP contribution is 2.35. The molecule has 7 heteroatoms. The minimum atomic E-state index is -0.367. The quantitative estimate of drug-likeness (QED) is 0.357. The SMILES string of the molecule is CC(c1ccccc1F)n1cc(-c2ccnc(NC(=O)CC3CC3)c2)c(-c2ccc(F)cc2)n1. The van der Waals surface area contributed by atoms with Crippen LogP contribution in [0.5, 0.6) is 0 Å². The van der Waals surface area contributed by atoms with Crippen molar-refractivity contribution in [3.05, 3.63) is 90.3 Å². The van der Waals surface area contributed by atoms with Crippen LogP contribution in [0.3, 0.4) is 0 Å². The standard InChI is InChI=1S/C27H24F2N4O/c1-17(22-4-2-3-5-24(22)29)33-16-23(27(32-33)19-8-10-21(28)11-9-19)20-12-13-30-25(15-20)31-26(34)14-18-6-7-18/h2-5,8-13,15-18H,6-7,14H2,1H3,(H,30,31,34). The second-order valence-electron chi connectivity index (χ2n) is 8.70. The van der Waals surface area contributed by atoms with E-state index in [9.17, 15) is 13.6 Å². The third kappa shape index (κ3) is 4.73. The zero-order valence-corrected chi connectivity index (χ0v) is 18.7. The number of hydrogen-bond acceptors (Lipinski definition) is 3. The monoisotopic (exact) mass is 458 g/mol. The lowest BCUT2D eigenvalue weighted by Gasteiger charge is -2.13. The number of halogens is 2. The maximum absolute atomic E-state index is 14.5. The van der Waals surface area contributed by atoms with Gasteiger partial charge in [0.2, 0.25) is 5.91 Å². The van der Waals surface area contributed by atoms with Crippen LogP contribution in [0.4, 0.5) is 14.6 Å². The molecule has 2 aromatic heterocycles. The molecular formula is C27H24F2N4O. The number of nitrogens with zero attached hydrogens (tertiary/aromatic N) is 3. The van der Waals surface area contributed by atoms with Gasteiger partial charge < -0.3 is 5.32 Å². The van der Waals surface area contributed by atoms with E-state index in [1.165, 1.54) is 18.2 Å². The smallest absolute Gasteiger partial charge is 0.225 e. The predicted molar refractivity (Wildman–Crippen MR) is 127 cm³/mol. The van der Waals surface area contributed by atoms with Crippen molar-refractivity contribution in [3.63, 3.8) is 0 Å². The fourth-order valence-electron chi connectivity index (χ4n) is 4.02. The molecule has 1 N–H and O–H groups in total. The first kappa shape index (κ1) is 21.9. The number of benzene rings is 2. The summed E-state index contributed by atoms with van der Waals surface area (Å²) in [7, 11) is 0. The molecule has 1 atom stereocenters. The van der Waals surface area contributed by atoms with Crippen molar-refractivity contribution < 1.29 is 13.6 Å². The number of anilines is 1. The van der Waals surface area contributed by atoms with Crippen molar-refractivity contribution in [3.8, 4) is 22.4 Å². The molecule has 2 heterocycles. The lowest BCUT2D eigenvalue weighted by Crippen LogP contribution is -2.12. The fourth-order valence-corrected chi connectivity index (χ4v) is 4.02. The van der Waals surface area contributed by atoms with Crippen molar-refractivity contribution in [2.75, 3.05) is 5.32 Å². The number of carbonyl (C=O) groups is 1. The summed E-state index contributed by atoms with van der Waals surface area (Å²) in [6.07, 6.45) is 6.18. The van der Waals surface area contributed by atoms with Gasteiger partial charge >= 0.3 is 0 Å². The number of nitrogens with one attached hydrogen (secondary N) is 1. The van der Waals surface area contributed by atoms with Crippen LogP contribution in [0.25, 0.3) is 22.4 Å². The highest BCUT2D eigenvalue weighted by molar-refractivity contribution is 5.91. The zero-order chi connectivity index (χ0) is 23.7. The summed E-state index contributed by atoms with van der Waals surface area (Å²) in [5.41, 5.74) is 3.44. The van der Waals surface area contributed by atoms with Crippen LogP contribution in [-0.4, -0.2) is 20.7 Å². The Labute approximate surface area is 196 Å². The van der Waals surface area contributed by atoms with Crippen LogP contribution >= 0.6 is 0 Å². The van der Waals surface area contributed by atoms with Crippen LogP contribution in [0, 0.1) is 17.6 Å². The highest BCUT2D eigenvalue weighted by Gasteiger charge is 2.25. The van der Waals surface area contributed by atoms with Gasteiger partial charge in [-0.2, -0.15) is 5.10 Å². The molecule has 5 nitrogen and oxygen atoms in total. The molecule has 1 fully saturated rings. The third-order valence-electron chi connectivity index (χ3n) is 6.11. The summed E-state index contributed by atoms with van der Waals surface area (Å²) in [5.74, 6) is 0.248. The molecule has 172 valence electrons.